The lowest BCUT2D eigenvalue weighted by Crippen LogP contribution is -2.16. The molecule has 0 aliphatic rings. The first-order chi connectivity index (χ1) is 7.97. The first-order valence-electron chi connectivity index (χ1n) is 5.13. The normalized spacial score (nSPS) is 11.8. The predicted octanol–water partition coefficient (Wildman–Crippen LogP) is 4.07. The van der Waals surface area contributed by atoms with Crippen molar-refractivity contribution in [3.8, 4) is 0 Å². The average molecular weight is 284 g/mol. The van der Waals surface area contributed by atoms with Crippen LogP contribution in [0.1, 0.15) is 12.0 Å². The molecule has 0 bridgehead atoms. The van der Waals surface area contributed by atoms with Crippen molar-refractivity contribution >= 4 is 23.4 Å². The van der Waals surface area contributed by atoms with Gasteiger partial charge in [0.05, 0.1) is 0 Å². The van der Waals surface area contributed by atoms with Crippen molar-refractivity contribution in [3.63, 3.8) is 0 Å². The minimum absolute atomic E-state index is 0.0243. The summed E-state index contributed by atoms with van der Waals surface area (Å²) in [5.74, 6) is 0.0944. The maximum absolute atomic E-state index is 11.8. The molecule has 0 saturated heterocycles. The fourth-order valence-corrected chi connectivity index (χ4v) is 1.87. The zero-order valence-electron chi connectivity index (χ0n) is 9.06. The highest BCUT2D eigenvalue weighted by Crippen LogP contribution is 2.30. The quantitative estimate of drug-likeness (QED) is 0.790. The second kappa shape index (κ2) is 7.13. The van der Waals surface area contributed by atoms with E-state index in [1.165, 1.54) is 0 Å². The molecule has 0 heterocycles. The van der Waals surface area contributed by atoms with Crippen molar-refractivity contribution in [1.82, 2.24) is 5.32 Å². The molecule has 0 amide bonds. The number of rotatable bonds is 6. The van der Waals surface area contributed by atoms with Crippen molar-refractivity contribution in [3.05, 3.63) is 34.9 Å². The molecule has 96 valence electrons. The Balaban J connectivity index is 2.07. The summed E-state index contributed by atoms with van der Waals surface area (Å²) in [6.07, 6.45) is 0.498. The minimum Gasteiger partial charge on any atom is -0.313 e. The summed E-state index contributed by atoms with van der Waals surface area (Å²) in [4.78, 5) is 0. The third-order valence-electron chi connectivity index (χ3n) is 2.01. The highest BCUT2D eigenvalue weighted by atomic mass is 35.5. The summed E-state index contributed by atoms with van der Waals surface area (Å²) in [7, 11) is 0. The number of halogens is 4. The highest BCUT2D eigenvalue weighted by Gasteiger charge is 2.27. The molecule has 6 heteroatoms. The van der Waals surface area contributed by atoms with Gasteiger partial charge in [-0.2, -0.15) is 13.2 Å². The number of thioether (sulfide) groups is 1. The van der Waals surface area contributed by atoms with E-state index in [2.05, 4.69) is 5.32 Å². The monoisotopic (exact) mass is 283 g/mol. The largest absolute Gasteiger partial charge is 0.441 e. The fourth-order valence-electron chi connectivity index (χ4n) is 1.22. The van der Waals surface area contributed by atoms with Crippen LogP contribution < -0.4 is 5.32 Å². The number of hydrogen-bond donors (Lipinski definition) is 1. The standard InChI is InChI=1S/C11H13ClF3NS/c12-10-4-2-9(3-5-10)8-16-6-1-7-17-11(13,14)15/h2-5,16H,1,6-8H2. The number of nitrogens with one attached hydrogen (secondary N) is 1. The molecule has 0 aromatic heterocycles. The molecule has 0 fully saturated rings. The summed E-state index contributed by atoms with van der Waals surface area (Å²) in [5.41, 5.74) is -3.05. The van der Waals surface area contributed by atoms with Crippen LogP contribution in [0.3, 0.4) is 0 Å². The van der Waals surface area contributed by atoms with Gasteiger partial charge >= 0.3 is 5.51 Å². The van der Waals surface area contributed by atoms with Gasteiger partial charge in [0, 0.05) is 17.3 Å². The molecule has 1 N–H and O–H groups in total. The molecule has 1 nitrogen and oxygen atoms in total. The van der Waals surface area contributed by atoms with E-state index >= 15 is 0 Å². The molecule has 0 atom stereocenters. The van der Waals surface area contributed by atoms with Crippen LogP contribution in [0.5, 0.6) is 0 Å². The lowest BCUT2D eigenvalue weighted by atomic mass is 10.2. The Morgan fingerprint density at radius 2 is 1.82 bits per heavy atom. The number of hydrogen-bond acceptors (Lipinski definition) is 2. The Morgan fingerprint density at radius 1 is 1.18 bits per heavy atom. The first kappa shape index (κ1) is 14.7. The van der Waals surface area contributed by atoms with Gasteiger partial charge in [0.2, 0.25) is 0 Å². The first-order valence-corrected chi connectivity index (χ1v) is 6.49. The highest BCUT2D eigenvalue weighted by molar-refractivity contribution is 8.00. The molecular formula is C11H13ClF3NS. The van der Waals surface area contributed by atoms with Gasteiger partial charge < -0.3 is 5.32 Å². The van der Waals surface area contributed by atoms with Crippen LogP contribution in [0.15, 0.2) is 24.3 Å². The summed E-state index contributed by atoms with van der Waals surface area (Å²) in [5, 5.41) is 3.76. The third kappa shape index (κ3) is 7.52. The van der Waals surface area contributed by atoms with E-state index < -0.39 is 5.51 Å². The molecule has 1 aromatic carbocycles. The van der Waals surface area contributed by atoms with Crippen LogP contribution in [-0.4, -0.2) is 17.8 Å². The lowest BCUT2D eigenvalue weighted by Gasteiger charge is -2.06. The smallest absolute Gasteiger partial charge is 0.313 e. The van der Waals surface area contributed by atoms with E-state index in [-0.39, 0.29) is 17.5 Å². The maximum atomic E-state index is 11.8. The van der Waals surface area contributed by atoms with Crippen LogP contribution >= 0.6 is 23.4 Å². The summed E-state index contributed by atoms with van der Waals surface area (Å²) >= 11 is 5.75. The minimum atomic E-state index is -4.11. The summed E-state index contributed by atoms with van der Waals surface area (Å²) < 4.78 is 35.4. The van der Waals surface area contributed by atoms with E-state index in [1.807, 2.05) is 12.1 Å². The molecule has 0 saturated carbocycles. The van der Waals surface area contributed by atoms with Crippen molar-refractivity contribution in [1.29, 1.82) is 0 Å². The molecule has 17 heavy (non-hydrogen) atoms. The zero-order chi connectivity index (χ0) is 12.7. The van der Waals surface area contributed by atoms with Crippen LogP contribution in [0, 0.1) is 0 Å². The number of alkyl halides is 3. The van der Waals surface area contributed by atoms with E-state index in [4.69, 9.17) is 11.6 Å². The van der Waals surface area contributed by atoms with Crippen LogP contribution in [0.25, 0.3) is 0 Å². The van der Waals surface area contributed by atoms with Crippen LogP contribution in [0.4, 0.5) is 13.2 Å². The number of benzene rings is 1. The Morgan fingerprint density at radius 3 is 2.41 bits per heavy atom. The lowest BCUT2D eigenvalue weighted by molar-refractivity contribution is -0.0327. The molecule has 0 aliphatic heterocycles. The van der Waals surface area contributed by atoms with Crippen LogP contribution in [-0.2, 0) is 6.54 Å². The van der Waals surface area contributed by atoms with E-state index in [9.17, 15) is 13.2 Å². The van der Waals surface area contributed by atoms with E-state index in [0.717, 1.165) is 5.56 Å². The molecule has 0 unspecified atom stereocenters. The second-order valence-electron chi connectivity index (χ2n) is 3.45. The summed E-state index contributed by atoms with van der Waals surface area (Å²) in [6.45, 7) is 1.22. The second-order valence-corrected chi connectivity index (χ2v) is 5.05. The SMILES string of the molecule is FC(F)(F)SCCCNCc1ccc(Cl)cc1. The third-order valence-corrected chi connectivity index (χ3v) is 3.08. The summed E-state index contributed by atoms with van der Waals surface area (Å²) in [6, 6.07) is 7.36. The predicted molar refractivity (Wildman–Crippen MR) is 66.3 cm³/mol. The Hall–Kier alpha value is -0.390. The molecule has 1 aromatic rings. The van der Waals surface area contributed by atoms with Gasteiger partial charge in [0.1, 0.15) is 0 Å². The Labute approximate surface area is 108 Å². The molecule has 1 rings (SSSR count). The van der Waals surface area contributed by atoms with Gasteiger partial charge in [-0.15, -0.1) is 0 Å². The van der Waals surface area contributed by atoms with E-state index in [0.29, 0.717) is 24.5 Å². The Kier molecular flexibility index (Phi) is 6.16. The fraction of sp³-hybridized carbons (Fsp3) is 0.455. The van der Waals surface area contributed by atoms with Crippen LogP contribution in [0.2, 0.25) is 5.02 Å². The van der Waals surface area contributed by atoms with Crippen molar-refractivity contribution in [2.24, 2.45) is 0 Å². The topological polar surface area (TPSA) is 12.0 Å². The van der Waals surface area contributed by atoms with Gasteiger partial charge in [-0.05, 0) is 30.7 Å². The van der Waals surface area contributed by atoms with Gasteiger partial charge in [-0.3, -0.25) is 0 Å². The zero-order valence-corrected chi connectivity index (χ0v) is 10.6. The molecule has 0 radical (unpaired) electrons. The van der Waals surface area contributed by atoms with Crippen molar-refractivity contribution < 1.29 is 13.2 Å². The molecule has 0 spiro atoms. The van der Waals surface area contributed by atoms with Gasteiger partial charge in [0.15, 0.2) is 0 Å². The van der Waals surface area contributed by atoms with Gasteiger partial charge in [-0.1, -0.05) is 35.5 Å². The maximum Gasteiger partial charge on any atom is 0.441 e. The van der Waals surface area contributed by atoms with Crippen molar-refractivity contribution in [2.75, 3.05) is 12.3 Å². The Bertz CT molecular complexity index is 326. The van der Waals surface area contributed by atoms with Gasteiger partial charge in [0.25, 0.3) is 0 Å². The average Bonchev–Trinajstić information content (AvgIpc) is 2.24. The molecular weight excluding hydrogens is 271 g/mol. The van der Waals surface area contributed by atoms with Crippen molar-refractivity contribution in [2.45, 2.75) is 18.5 Å². The van der Waals surface area contributed by atoms with E-state index in [1.54, 1.807) is 12.1 Å². The molecule has 0 aliphatic carbocycles. The van der Waals surface area contributed by atoms with Gasteiger partial charge in [-0.25, -0.2) is 0 Å².